The zero-order chi connectivity index (χ0) is 16.0. The summed E-state index contributed by atoms with van der Waals surface area (Å²) in [6, 6.07) is 3.65. The Morgan fingerprint density at radius 2 is 2.22 bits per heavy atom. The van der Waals surface area contributed by atoms with Gasteiger partial charge in [0.2, 0.25) is 0 Å². The SMILES string of the molecule is Cc1nc(C2CC2)nc2sc(C(=O)NCc3ccco3)c(C)c12. The van der Waals surface area contributed by atoms with Crippen LogP contribution in [0.25, 0.3) is 10.2 Å². The summed E-state index contributed by atoms with van der Waals surface area (Å²) in [6.07, 6.45) is 3.95. The molecule has 0 bridgehead atoms. The molecule has 3 aromatic heterocycles. The fraction of sp³-hybridized carbons (Fsp3) is 0.353. The quantitative estimate of drug-likeness (QED) is 0.793. The Labute approximate surface area is 137 Å². The molecule has 0 unspecified atom stereocenters. The van der Waals surface area contributed by atoms with E-state index in [9.17, 15) is 4.79 Å². The highest BCUT2D eigenvalue weighted by Crippen LogP contribution is 2.40. The van der Waals surface area contributed by atoms with Crippen molar-refractivity contribution in [1.29, 1.82) is 0 Å². The van der Waals surface area contributed by atoms with E-state index in [1.165, 1.54) is 24.2 Å². The normalized spacial score (nSPS) is 14.3. The van der Waals surface area contributed by atoms with Gasteiger partial charge in [-0.2, -0.15) is 0 Å². The predicted octanol–water partition coefficient (Wildman–Crippen LogP) is 3.71. The summed E-state index contributed by atoms with van der Waals surface area (Å²) in [5.41, 5.74) is 1.93. The predicted molar refractivity (Wildman–Crippen MR) is 88.7 cm³/mol. The van der Waals surface area contributed by atoms with E-state index in [2.05, 4.69) is 15.3 Å². The van der Waals surface area contributed by atoms with Crippen molar-refractivity contribution >= 4 is 27.5 Å². The standard InChI is InChI=1S/C17H17N3O2S/c1-9-13-10(2)19-15(11-5-6-11)20-17(13)23-14(9)16(21)18-8-12-4-3-7-22-12/h3-4,7,11H,5-6,8H2,1-2H3,(H,18,21). The van der Waals surface area contributed by atoms with E-state index in [1.54, 1.807) is 6.26 Å². The van der Waals surface area contributed by atoms with Crippen molar-refractivity contribution in [1.82, 2.24) is 15.3 Å². The maximum Gasteiger partial charge on any atom is 0.262 e. The number of hydrogen-bond donors (Lipinski definition) is 1. The van der Waals surface area contributed by atoms with Gasteiger partial charge in [0.15, 0.2) is 0 Å². The third-order valence-corrected chi connectivity index (χ3v) is 5.32. The first-order valence-corrected chi connectivity index (χ1v) is 8.53. The van der Waals surface area contributed by atoms with Gasteiger partial charge >= 0.3 is 0 Å². The highest BCUT2D eigenvalue weighted by molar-refractivity contribution is 7.20. The molecular formula is C17H17N3O2S. The van der Waals surface area contributed by atoms with Gasteiger partial charge in [-0.15, -0.1) is 11.3 Å². The number of fused-ring (bicyclic) bond motifs is 1. The van der Waals surface area contributed by atoms with Crippen LogP contribution >= 0.6 is 11.3 Å². The van der Waals surface area contributed by atoms with Crippen molar-refractivity contribution in [2.75, 3.05) is 0 Å². The lowest BCUT2D eigenvalue weighted by atomic mass is 10.1. The number of nitrogens with zero attached hydrogens (tertiary/aromatic N) is 2. The molecule has 6 heteroatoms. The number of carbonyl (C=O) groups excluding carboxylic acids is 1. The summed E-state index contributed by atoms with van der Waals surface area (Å²) in [6.45, 7) is 4.35. The molecule has 1 aliphatic rings. The molecule has 3 heterocycles. The summed E-state index contributed by atoms with van der Waals surface area (Å²) in [7, 11) is 0. The van der Waals surface area contributed by atoms with Gasteiger partial charge in [-0.3, -0.25) is 4.79 Å². The Bertz CT molecular complexity index is 879. The first-order chi connectivity index (χ1) is 11.1. The van der Waals surface area contributed by atoms with Gasteiger partial charge < -0.3 is 9.73 Å². The Morgan fingerprint density at radius 3 is 2.91 bits per heavy atom. The van der Waals surface area contributed by atoms with Gasteiger partial charge in [-0.05, 0) is 44.4 Å². The average molecular weight is 327 g/mol. The van der Waals surface area contributed by atoms with E-state index in [1.807, 2.05) is 26.0 Å². The van der Waals surface area contributed by atoms with Crippen molar-refractivity contribution in [3.63, 3.8) is 0 Å². The van der Waals surface area contributed by atoms with Gasteiger partial charge in [0.25, 0.3) is 5.91 Å². The summed E-state index contributed by atoms with van der Waals surface area (Å²) in [4.78, 5) is 23.4. The number of nitrogens with one attached hydrogen (secondary N) is 1. The molecule has 118 valence electrons. The molecule has 1 fully saturated rings. The van der Waals surface area contributed by atoms with Gasteiger partial charge in [0, 0.05) is 11.3 Å². The molecular weight excluding hydrogens is 310 g/mol. The van der Waals surface area contributed by atoms with E-state index >= 15 is 0 Å². The van der Waals surface area contributed by atoms with Crippen LogP contribution in [0.4, 0.5) is 0 Å². The number of rotatable bonds is 4. The topological polar surface area (TPSA) is 68.0 Å². The maximum absolute atomic E-state index is 12.5. The minimum Gasteiger partial charge on any atom is -0.467 e. The molecule has 4 rings (SSSR count). The minimum absolute atomic E-state index is 0.0886. The Balaban J connectivity index is 1.65. The smallest absolute Gasteiger partial charge is 0.262 e. The first kappa shape index (κ1) is 14.4. The molecule has 1 saturated carbocycles. The Kier molecular flexibility index (Phi) is 3.41. The zero-order valence-corrected chi connectivity index (χ0v) is 13.9. The van der Waals surface area contributed by atoms with Gasteiger partial charge in [0.05, 0.1) is 23.4 Å². The fourth-order valence-corrected chi connectivity index (χ4v) is 3.92. The zero-order valence-electron chi connectivity index (χ0n) is 13.0. The second-order valence-corrected chi connectivity index (χ2v) is 6.94. The second kappa shape index (κ2) is 5.45. The minimum atomic E-state index is -0.0886. The monoisotopic (exact) mass is 327 g/mol. The van der Waals surface area contributed by atoms with Crippen LogP contribution in [0.2, 0.25) is 0 Å². The average Bonchev–Trinajstić information content (AvgIpc) is 3.15. The summed E-state index contributed by atoms with van der Waals surface area (Å²) < 4.78 is 5.24. The van der Waals surface area contributed by atoms with E-state index in [0.717, 1.165) is 33.1 Å². The lowest BCUT2D eigenvalue weighted by Crippen LogP contribution is -2.22. The lowest BCUT2D eigenvalue weighted by Gasteiger charge is -2.03. The summed E-state index contributed by atoms with van der Waals surface area (Å²) >= 11 is 1.45. The third-order valence-electron chi connectivity index (χ3n) is 4.14. The van der Waals surface area contributed by atoms with Gasteiger partial charge in [-0.1, -0.05) is 0 Å². The van der Waals surface area contributed by atoms with E-state index < -0.39 is 0 Å². The molecule has 1 N–H and O–H groups in total. The Hall–Kier alpha value is -2.21. The van der Waals surface area contributed by atoms with Gasteiger partial charge in [-0.25, -0.2) is 9.97 Å². The van der Waals surface area contributed by atoms with Crippen molar-refractivity contribution in [3.8, 4) is 0 Å². The Morgan fingerprint density at radius 1 is 1.39 bits per heavy atom. The highest BCUT2D eigenvalue weighted by Gasteiger charge is 2.28. The molecule has 0 saturated heterocycles. The lowest BCUT2D eigenvalue weighted by molar-refractivity contribution is 0.0951. The first-order valence-electron chi connectivity index (χ1n) is 7.71. The van der Waals surface area contributed by atoms with E-state index in [4.69, 9.17) is 4.42 Å². The van der Waals surface area contributed by atoms with Crippen molar-refractivity contribution in [3.05, 3.63) is 46.1 Å². The fourth-order valence-electron chi connectivity index (χ4n) is 2.76. The summed E-state index contributed by atoms with van der Waals surface area (Å²) in [5, 5.41) is 3.92. The number of amides is 1. The number of carbonyl (C=O) groups is 1. The third kappa shape index (κ3) is 2.63. The van der Waals surface area contributed by atoms with Crippen LogP contribution in [0.1, 0.15) is 51.3 Å². The molecule has 0 radical (unpaired) electrons. The van der Waals surface area contributed by atoms with Crippen molar-refractivity contribution < 1.29 is 9.21 Å². The molecule has 5 nitrogen and oxygen atoms in total. The number of thiophene rings is 1. The van der Waals surface area contributed by atoms with Gasteiger partial charge in [0.1, 0.15) is 16.4 Å². The van der Waals surface area contributed by atoms with E-state index in [-0.39, 0.29) is 5.91 Å². The molecule has 3 aromatic rings. The van der Waals surface area contributed by atoms with E-state index in [0.29, 0.717) is 17.3 Å². The van der Waals surface area contributed by atoms with Crippen LogP contribution < -0.4 is 5.32 Å². The molecule has 0 aromatic carbocycles. The molecule has 0 atom stereocenters. The van der Waals surface area contributed by atoms with Crippen LogP contribution in [0.5, 0.6) is 0 Å². The van der Waals surface area contributed by atoms with Crippen LogP contribution in [-0.2, 0) is 6.54 Å². The van der Waals surface area contributed by atoms with Crippen LogP contribution in [0.15, 0.2) is 22.8 Å². The van der Waals surface area contributed by atoms with Crippen LogP contribution in [-0.4, -0.2) is 15.9 Å². The molecule has 1 amide bonds. The number of furan rings is 1. The van der Waals surface area contributed by atoms with Crippen LogP contribution in [0, 0.1) is 13.8 Å². The molecule has 1 aliphatic carbocycles. The maximum atomic E-state index is 12.5. The largest absolute Gasteiger partial charge is 0.467 e. The van der Waals surface area contributed by atoms with Crippen molar-refractivity contribution in [2.24, 2.45) is 0 Å². The molecule has 23 heavy (non-hydrogen) atoms. The highest BCUT2D eigenvalue weighted by atomic mass is 32.1. The van der Waals surface area contributed by atoms with Crippen molar-refractivity contribution in [2.45, 2.75) is 39.2 Å². The number of aryl methyl sites for hydroxylation is 2. The molecule has 0 aliphatic heterocycles. The number of hydrogen-bond acceptors (Lipinski definition) is 5. The summed E-state index contributed by atoms with van der Waals surface area (Å²) in [5.74, 6) is 2.09. The van der Waals surface area contributed by atoms with Crippen LogP contribution in [0.3, 0.4) is 0 Å². The second-order valence-electron chi connectivity index (χ2n) is 5.94. The number of aromatic nitrogens is 2. The molecule has 0 spiro atoms.